The van der Waals surface area contributed by atoms with Gasteiger partial charge in [0.2, 0.25) is 5.75 Å². The summed E-state index contributed by atoms with van der Waals surface area (Å²) in [6.45, 7) is 1.80. The fourth-order valence-electron chi connectivity index (χ4n) is 3.68. The minimum Gasteiger partial charge on any atom is -0.481 e. The zero-order valence-corrected chi connectivity index (χ0v) is 21.1. The molecular formula is C25H20BrN5O6. The van der Waals surface area contributed by atoms with Crippen LogP contribution in [-0.2, 0) is 13.0 Å². The highest BCUT2D eigenvalue weighted by Gasteiger charge is 2.19. The van der Waals surface area contributed by atoms with Crippen molar-refractivity contribution >= 4 is 44.4 Å². The van der Waals surface area contributed by atoms with Crippen LogP contribution in [0.5, 0.6) is 5.75 Å². The highest BCUT2D eigenvalue weighted by Crippen LogP contribution is 2.31. The van der Waals surface area contributed by atoms with E-state index in [0.29, 0.717) is 33.2 Å². The van der Waals surface area contributed by atoms with E-state index in [0.717, 1.165) is 6.42 Å². The summed E-state index contributed by atoms with van der Waals surface area (Å²) in [4.78, 5) is 39.5. The van der Waals surface area contributed by atoms with Crippen molar-refractivity contribution in [3.05, 3.63) is 113 Å². The van der Waals surface area contributed by atoms with Gasteiger partial charge in [-0.05, 0) is 36.2 Å². The van der Waals surface area contributed by atoms with Gasteiger partial charge in [-0.2, -0.15) is 9.78 Å². The van der Waals surface area contributed by atoms with Crippen LogP contribution in [0.3, 0.4) is 0 Å². The molecule has 0 radical (unpaired) electrons. The van der Waals surface area contributed by atoms with Gasteiger partial charge in [0.1, 0.15) is 12.4 Å². The first kappa shape index (κ1) is 25.6. The van der Waals surface area contributed by atoms with Crippen LogP contribution in [0.2, 0.25) is 0 Å². The number of rotatable bonds is 9. The van der Waals surface area contributed by atoms with Crippen molar-refractivity contribution in [1.29, 1.82) is 0 Å². The number of nitrogens with zero attached hydrogens (tertiary/aromatic N) is 5. The number of ether oxygens (including phenoxy) is 1. The molecule has 1 heterocycles. The van der Waals surface area contributed by atoms with Crippen molar-refractivity contribution in [2.75, 3.05) is 0 Å². The van der Waals surface area contributed by atoms with Gasteiger partial charge in [0.05, 0.1) is 27.0 Å². The molecule has 0 fully saturated rings. The van der Waals surface area contributed by atoms with Gasteiger partial charge in [-0.3, -0.25) is 25.0 Å². The molecule has 0 saturated heterocycles. The molecule has 0 amide bonds. The van der Waals surface area contributed by atoms with Crippen molar-refractivity contribution < 1.29 is 14.6 Å². The molecule has 0 aliphatic heterocycles. The first-order valence-corrected chi connectivity index (χ1v) is 12.0. The number of para-hydroxylation sites is 1. The quantitative estimate of drug-likeness (QED) is 0.150. The Morgan fingerprint density at radius 3 is 2.59 bits per heavy atom. The first-order valence-electron chi connectivity index (χ1n) is 11.2. The maximum atomic E-state index is 13.2. The second-order valence-electron chi connectivity index (χ2n) is 7.97. The molecule has 0 saturated carbocycles. The highest BCUT2D eigenvalue weighted by molar-refractivity contribution is 9.10. The van der Waals surface area contributed by atoms with Crippen LogP contribution in [0, 0.1) is 20.2 Å². The fourth-order valence-corrected chi connectivity index (χ4v) is 4.04. The molecule has 0 aliphatic carbocycles. The molecule has 12 heteroatoms. The maximum Gasteiger partial charge on any atom is 0.311 e. The van der Waals surface area contributed by atoms with E-state index >= 15 is 0 Å². The molecule has 0 N–H and O–H groups in total. The van der Waals surface area contributed by atoms with Crippen molar-refractivity contribution in [1.82, 2.24) is 9.66 Å². The summed E-state index contributed by atoms with van der Waals surface area (Å²) < 4.78 is 7.67. The highest BCUT2D eigenvalue weighted by atomic mass is 79.9. The smallest absolute Gasteiger partial charge is 0.311 e. The SMILES string of the molecule is CCCc1nc2ccc(Br)cc2c(=O)n1N=Cc1cccc([N+](=O)[O-])c1OCc1cccc([N+](=O)[O-])c1. The number of aromatic nitrogens is 2. The Morgan fingerprint density at radius 1 is 1.08 bits per heavy atom. The molecule has 188 valence electrons. The third-order valence-electron chi connectivity index (χ3n) is 5.39. The van der Waals surface area contributed by atoms with Crippen LogP contribution in [0.4, 0.5) is 11.4 Å². The monoisotopic (exact) mass is 565 g/mol. The van der Waals surface area contributed by atoms with Crippen LogP contribution in [0.1, 0.15) is 30.3 Å². The second-order valence-corrected chi connectivity index (χ2v) is 8.88. The van der Waals surface area contributed by atoms with Crippen LogP contribution >= 0.6 is 15.9 Å². The number of nitro benzene ring substituents is 2. The number of halogens is 1. The Morgan fingerprint density at radius 2 is 1.86 bits per heavy atom. The molecule has 0 unspecified atom stereocenters. The lowest BCUT2D eigenvalue weighted by Crippen LogP contribution is -2.22. The summed E-state index contributed by atoms with van der Waals surface area (Å²) in [6, 6.07) is 15.3. The Hall–Kier alpha value is -4.45. The predicted molar refractivity (Wildman–Crippen MR) is 141 cm³/mol. The molecule has 4 aromatic rings. The molecule has 0 atom stereocenters. The van der Waals surface area contributed by atoms with E-state index in [1.807, 2.05) is 6.92 Å². The van der Waals surface area contributed by atoms with Gasteiger partial charge in [-0.15, -0.1) is 0 Å². The van der Waals surface area contributed by atoms with Crippen molar-refractivity contribution in [2.24, 2.45) is 5.10 Å². The first-order chi connectivity index (χ1) is 17.8. The molecule has 37 heavy (non-hydrogen) atoms. The normalized spacial score (nSPS) is 11.2. The Labute approximate surface area is 218 Å². The second kappa shape index (κ2) is 11.1. The van der Waals surface area contributed by atoms with E-state index in [4.69, 9.17) is 4.74 Å². The predicted octanol–water partition coefficient (Wildman–Crippen LogP) is 5.39. The van der Waals surface area contributed by atoms with Crippen LogP contribution in [0.15, 0.2) is 75.0 Å². The number of hydrogen-bond donors (Lipinski definition) is 0. The molecule has 0 aliphatic rings. The largest absolute Gasteiger partial charge is 0.481 e. The lowest BCUT2D eigenvalue weighted by atomic mass is 10.1. The van der Waals surface area contributed by atoms with Crippen molar-refractivity contribution in [2.45, 2.75) is 26.4 Å². The van der Waals surface area contributed by atoms with E-state index in [2.05, 4.69) is 26.0 Å². The number of fused-ring (bicyclic) bond motifs is 1. The third kappa shape index (κ3) is 5.70. The van der Waals surface area contributed by atoms with Gasteiger partial charge in [0, 0.05) is 34.7 Å². The zero-order chi connectivity index (χ0) is 26.5. The van der Waals surface area contributed by atoms with E-state index in [-0.39, 0.29) is 34.9 Å². The van der Waals surface area contributed by atoms with Gasteiger partial charge >= 0.3 is 5.69 Å². The topological polar surface area (TPSA) is 143 Å². The molecule has 11 nitrogen and oxygen atoms in total. The zero-order valence-electron chi connectivity index (χ0n) is 19.5. The van der Waals surface area contributed by atoms with Gasteiger partial charge in [0.25, 0.3) is 11.2 Å². The summed E-state index contributed by atoms with van der Waals surface area (Å²) in [5.74, 6) is 0.368. The lowest BCUT2D eigenvalue weighted by Gasteiger charge is -2.11. The fraction of sp³-hybridized carbons (Fsp3) is 0.160. The summed E-state index contributed by atoms with van der Waals surface area (Å²) in [5, 5.41) is 27.5. The average molecular weight is 566 g/mol. The van der Waals surface area contributed by atoms with Crippen LogP contribution in [0.25, 0.3) is 10.9 Å². The van der Waals surface area contributed by atoms with E-state index < -0.39 is 9.85 Å². The molecular weight excluding hydrogens is 546 g/mol. The minimum absolute atomic E-state index is 0.0793. The number of nitro groups is 2. The summed E-state index contributed by atoms with van der Waals surface area (Å²) in [5.41, 5.74) is 0.444. The van der Waals surface area contributed by atoms with E-state index in [1.54, 1.807) is 30.3 Å². The minimum atomic E-state index is -0.593. The van der Waals surface area contributed by atoms with E-state index in [1.165, 1.54) is 41.2 Å². The van der Waals surface area contributed by atoms with Crippen molar-refractivity contribution in [3.8, 4) is 5.75 Å². The summed E-state index contributed by atoms with van der Waals surface area (Å²) in [7, 11) is 0. The van der Waals surface area contributed by atoms with Gasteiger partial charge in [0.15, 0.2) is 0 Å². The Bertz CT molecular complexity index is 1600. The van der Waals surface area contributed by atoms with E-state index in [9.17, 15) is 25.0 Å². The average Bonchev–Trinajstić information content (AvgIpc) is 2.88. The summed E-state index contributed by atoms with van der Waals surface area (Å²) >= 11 is 3.36. The Kier molecular flexibility index (Phi) is 7.68. The standard InChI is InChI=1S/C25H20BrN5O6/c1-2-5-23-28-21-11-10-18(26)13-20(21)25(32)29(23)27-14-17-7-4-9-22(31(35)36)24(17)37-15-16-6-3-8-19(12-16)30(33)34/h3-4,6-14H,2,5,15H2,1H3. The molecule has 1 aromatic heterocycles. The third-order valence-corrected chi connectivity index (χ3v) is 5.88. The number of aryl methyl sites for hydroxylation is 1. The molecule has 4 rings (SSSR count). The van der Waals surface area contributed by atoms with Crippen LogP contribution in [-0.4, -0.2) is 25.7 Å². The van der Waals surface area contributed by atoms with Gasteiger partial charge in [-0.25, -0.2) is 4.98 Å². The van der Waals surface area contributed by atoms with Crippen LogP contribution < -0.4 is 10.3 Å². The van der Waals surface area contributed by atoms with Crippen molar-refractivity contribution in [3.63, 3.8) is 0 Å². The molecule has 0 bridgehead atoms. The van der Waals surface area contributed by atoms with Gasteiger partial charge in [-0.1, -0.05) is 41.1 Å². The number of non-ortho nitro benzene ring substituents is 1. The summed E-state index contributed by atoms with van der Waals surface area (Å²) in [6.07, 6.45) is 2.52. The molecule has 3 aromatic carbocycles. The number of benzene rings is 3. The number of hydrogen-bond acceptors (Lipinski definition) is 8. The lowest BCUT2D eigenvalue weighted by molar-refractivity contribution is -0.386. The molecule has 0 spiro atoms. The Balaban J connectivity index is 1.76. The van der Waals surface area contributed by atoms with Gasteiger partial charge < -0.3 is 4.74 Å². The maximum absolute atomic E-state index is 13.2.